The molecular formula is C17H18BrN3O2. The van der Waals surface area contributed by atoms with Gasteiger partial charge in [0.15, 0.2) is 0 Å². The van der Waals surface area contributed by atoms with Crippen molar-refractivity contribution in [2.45, 2.75) is 25.3 Å². The van der Waals surface area contributed by atoms with E-state index >= 15 is 0 Å². The van der Waals surface area contributed by atoms with Crippen LogP contribution < -0.4 is 5.32 Å². The minimum Gasteiger partial charge on any atom is -0.352 e. The summed E-state index contributed by atoms with van der Waals surface area (Å²) in [4.78, 5) is 25.4. The number of amides is 2. The van der Waals surface area contributed by atoms with Crippen molar-refractivity contribution in [3.05, 3.63) is 40.4 Å². The molecule has 5 nitrogen and oxygen atoms in total. The Labute approximate surface area is 144 Å². The number of nitriles is 1. The zero-order chi connectivity index (χ0) is 16.7. The molecule has 1 heterocycles. The number of hydrogen-bond acceptors (Lipinski definition) is 3. The molecule has 6 heteroatoms. The molecule has 0 aliphatic carbocycles. The monoisotopic (exact) mass is 375 g/mol. The summed E-state index contributed by atoms with van der Waals surface area (Å²) < 4.78 is 0.947. The number of hydrogen-bond donors (Lipinski definition) is 1. The fourth-order valence-electron chi connectivity index (χ4n) is 2.47. The summed E-state index contributed by atoms with van der Waals surface area (Å²) >= 11 is 3.45. The second-order valence-electron chi connectivity index (χ2n) is 5.36. The summed E-state index contributed by atoms with van der Waals surface area (Å²) in [6.07, 6.45) is 4.69. The highest BCUT2D eigenvalue weighted by molar-refractivity contribution is 9.10. The minimum atomic E-state index is -0.244. The highest BCUT2D eigenvalue weighted by Crippen LogP contribution is 2.18. The number of benzene rings is 1. The first-order valence-corrected chi connectivity index (χ1v) is 8.27. The fraction of sp³-hybridized carbons (Fsp3) is 0.353. The molecule has 120 valence electrons. The van der Waals surface area contributed by atoms with E-state index in [1.165, 1.54) is 0 Å². The van der Waals surface area contributed by atoms with Gasteiger partial charge in [-0.2, -0.15) is 5.26 Å². The lowest BCUT2D eigenvalue weighted by molar-refractivity contribution is -0.127. The van der Waals surface area contributed by atoms with Gasteiger partial charge in [-0.05, 0) is 30.5 Å². The highest BCUT2D eigenvalue weighted by atomic mass is 79.9. The number of likely N-dealkylation sites (tertiary alicyclic amines) is 1. The van der Waals surface area contributed by atoms with Crippen LogP contribution in [0.1, 0.15) is 24.8 Å². The van der Waals surface area contributed by atoms with Gasteiger partial charge in [-0.25, -0.2) is 0 Å². The molecule has 0 saturated carbocycles. The lowest BCUT2D eigenvalue weighted by Crippen LogP contribution is -2.46. The average Bonchev–Trinajstić information content (AvgIpc) is 2.55. The third-order valence-corrected chi connectivity index (χ3v) is 4.44. The lowest BCUT2D eigenvalue weighted by atomic mass is 10.0. The van der Waals surface area contributed by atoms with Gasteiger partial charge < -0.3 is 10.2 Å². The molecule has 0 radical (unpaired) electrons. The van der Waals surface area contributed by atoms with E-state index in [1.54, 1.807) is 17.1 Å². The molecule has 1 saturated heterocycles. The molecule has 1 aromatic carbocycles. The van der Waals surface area contributed by atoms with Crippen molar-refractivity contribution in [1.29, 1.82) is 5.26 Å². The lowest BCUT2D eigenvalue weighted by Gasteiger charge is -2.31. The summed E-state index contributed by atoms with van der Waals surface area (Å²) in [6.45, 7) is 1.22. The van der Waals surface area contributed by atoms with Crippen LogP contribution >= 0.6 is 15.9 Å². The van der Waals surface area contributed by atoms with Gasteiger partial charge >= 0.3 is 0 Å². The molecule has 2 amide bonds. The molecular weight excluding hydrogens is 358 g/mol. The molecule has 1 fully saturated rings. The van der Waals surface area contributed by atoms with Crippen LogP contribution in [0.25, 0.3) is 6.08 Å². The molecule has 1 aliphatic rings. The van der Waals surface area contributed by atoms with E-state index in [2.05, 4.69) is 21.2 Å². The largest absolute Gasteiger partial charge is 0.352 e. The van der Waals surface area contributed by atoms with E-state index in [0.717, 1.165) is 10.0 Å². The fourth-order valence-corrected chi connectivity index (χ4v) is 2.89. The van der Waals surface area contributed by atoms with Crippen molar-refractivity contribution in [3.63, 3.8) is 0 Å². The van der Waals surface area contributed by atoms with Gasteiger partial charge in [-0.3, -0.25) is 9.59 Å². The van der Waals surface area contributed by atoms with Crippen LogP contribution in [-0.2, 0) is 9.59 Å². The number of carbonyl (C=O) groups is 2. The Balaban J connectivity index is 1.83. The molecule has 1 aromatic rings. The van der Waals surface area contributed by atoms with E-state index in [-0.39, 0.29) is 24.3 Å². The van der Waals surface area contributed by atoms with E-state index in [4.69, 9.17) is 5.26 Å². The Morgan fingerprint density at radius 2 is 2.04 bits per heavy atom. The van der Waals surface area contributed by atoms with Gasteiger partial charge in [-0.1, -0.05) is 34.1 Å². The molecule has 0 bridgehead atoms. The van der Waals surface area contributed by atoms with Gasteiger partial charge in [-0.15, -0.1) is 0 Å². The Hall–Kier alpha value is -2.13. The predicted octanol–water partition coefficient (Wildman–Crippen LogP) is 2.48. The number of rotatable bonds is 4. The Kier molecular flexibility index (Phi) is 6.36. The van der Waals surface area contributed by atoms with E-state index in [0.29, 0.717) is 25.9 Å². The Bertz CT molecular complexity index is 643. The third-order valence-electron chi connectivity index (χ3n) is 3.72. The first-order valence-electron chi connectivity index (χ1n) is 7.48. The summed E-state index contributed by atoms with van der Waals surface area (Å²) in [5.74, 6) is -0.270. The first-order chi connectivity index (χ1) is 11.1. The number of nitrogens with one attached hydrogen (secondary N) is 1. The van der Waals surface area contributed by atoms with Gasteiger partial charge in [0, 0.05) is 29.7 Å². The number of halogens is 1. The maximum Gasteiger partial charge on any atom is 0.246 e. The van der Waals surface area contributed by atoms with Crippen molar-refractivity contribution < 1.29 is 9.59 Å². The minimum absolute atomic E-state index is 0.0254. The normalized spacial score (nSPS) is 15.4. The molecule has 1 N–H and O–H groups in total. The summed E-state index contributed by atoms with van der Waals surface area (Å²) in [6, 6.07) is 9.59. The van der Waals surface area contributed by atoms with E-state index in [9.17, 15) is 9.59 Å². The van der Waals surface area contributed by atoms with Crippen LogP contribution in [0.5, 0.6) is 0 Å². The van der Waals surface area contributed by atoms with Crippen molar-refractivity contribution in [1.82, 2.24) is 10.2 Å². The third kappa shape index (κ3) is 5.22. The topological polar surface area (TPSA) is 73.2 Å². The molecule has 1 aliphatic heterocycles. The Morgan fingerprint density at radius 3 is 2.70 bits per heavy atom. The van der Waals surface area contributed by atoms with Crippen LogP contribution in [0.15, 0.2) is 34.8 Å². The second-order valence-corrected chi connectivity index (χ2v) is 6.21. The zero-order valence-corrected chi connectivity index (χ0v) is 14.3. The number of nitrogens with zero attached hydrogens (tertiary/aromatic N) is 2. The quantitative estimate of drug-likeness (QED) is 0.821. The standard InChI is InChI=1S/C17H18BrN3O2/c18-15-4-2-1-3-13(15)5-6-17(23)21-11-8-14(9-12-21)20-16(22)7-10-19/h1-6,14H,7-9,11-12H2,(H,20,22)/b6-5+. The van der Waals surface area contributed by atoms with Crippen LogP contribution in [0, 0.1) is 11.3 Å². The van der Waals surface area contributed by atoms with Crippen LogP contribution in [0.3, 0.4) is 0 Å². The summed E-state index contributed by atoms with van der Waals surface area (Å²) in [7, 11) is 0. The van der Waals surface area contributed by atoms with Crippen LogP contribution in [0.2, 0.25) is 0 Å². The van der Waals surface area contributed by atoms with Gasteiger partial charge in [0.05, 0.1) is 6.07 Å². The average molecular weight is 376 g/mol. The molecule has 23 heavy (non-hydrogen) atoms. The maximum absolute atomic E-state index is 12.2. The highest BCUT2D eigenvalue weighted by Gasteiger charge is 2.22. The molecule has 0 spiro atoms. The zero-order valence-electron chi connectivity index (χ0n) is 12.7. The smallest absolute Gasteiger partial charge is 0.246 e. The van der Waals surface area contributed by atoms with Crippen molar-refractivity contribution in [2.75, 3.05) is 13.1 Å². The van der Waals surface area contributed by atoms with Crippen molar-refractivity contribution >= 4 is 33.8 Å². The van der Waals surface area contributed by atoms with Gasteiger partial charge in [0.1, 0.15) is 6.42 Å². The van der Waals surface area contributed by atoms with Crippen molar-refractivity contribution in [2.24, 2.45) is 0 Å². The number of piperidine rings is 1. The summed E-state index contributed by atoms with van der Waals surface area (Å²) in [5.41, 5.74) is 0.958. The van der Waals surface area contributed by atoms with Crippen LogP contribution in [-0.4, -0.2) is 35.8 Å². The van der Waals surface area contributed by atoms with Crippen LogP contribution in [0.4, 0.5) is 0 Å². The first kappa shape index (κ1) is 17.2. The Morgan fingerprint density at radius 1 is 1.35 bits per heavy atom. The molecule has 0 aromatic heterocycles. The van der Waals surface area contributed by atoms with E-state index < -0.39 is 0 Å². The maximum atomic E-state index is 12.2. The van der Waals surface area contributed by atoms with E-state index in [1.807, 2.05) is 30.3 Å². The van der Waals surface area contributed by atoms with Gasteiger partial charge in [0.25, 0.3) is 0 Å². The molecule has 2 rings (SSSR count). The SMILES string of the molecule is N#CCC(=O)NC1CCN(C(=O)/C=C/c2ccccc2Br)CC1. The summed E-state index contributed by atoms with van der Waals surface area (Å²) in [5, 5.41) is 11.3. The number of carbonyl (C=O) groups excluding carboxylic acids is 2. The van der Waals surface area contributed by atoms with Crippen molar-refractivity contribution in [3.8, 4) is 6.07 Å². The molecule has 0 unspecified atom stereocenters. The second kappa shape index (κ2) is 8.49. The predicted molar refractivity (Wildman–Crippen MR) is 91.2 cm³/mol. The van der Waals surface area contributed by atoms with Gasteiger partial charge in [0.2, 0.25) is 11.8 Å². The molecule has 0 atom stereocenters.